The van der Waals surface area contributed by atoms with E-state index in [9.17, 15) is 4.79 Å². The van der Waals surface area contributed by atoms with E-state index in [0.29, 0.717) is 6.42 Å². The number of amides is 1. The van der Waals surface area contributed by atoms with Crippen molar-refractivity contribution in [3.05, 3.63) is 0 Å². The third-order valence-corrected chi connectivity index (χ3v) is 2.08. The minimum absolute atomic E-state index is 0.0487. The van der Waals surface area contributed by atoms with Crippen molar-refractivity contribution in [2.45, 2.75) is 18.7 Å². The number of hydrogen-bond donors (Lipinski definition) is 1. The molecule has 0 saturated carbocycles. The van der Waals surface area contributed by atoms with Gasteiger partial charge in [-0.05, 0) is 6.92 Å². The molecule has 4 heteroatoms. The molecule has 0 radical (unpaired) electrons. The second-order valence-corrected chi connectivity index (χ2v) is 3.86. The molecule has 70 valence electrons. The van der Waals surface area contributed by atoms with Gasteiger partial charge in [0.1, 0.15) is 0 Å². The van der Waals surface area contributed by atoms with Crippen molar-refractivity contribution in [2.24, 2.45) is 0 Å². The molecule has 1 heterocycles. The highest BCUT2D eigenvalue weighted by Gasteiger charge is 2.16. The lowest BCUT2D eigenvalue weighted by atomic mass is 10.2. The van der Waals surface area contributed by atoms with E-state index in [1.165, 1.54) is 0 Å². The highest BCUT2D eigenvalue weighted by atomic mass is 35.5. The molecule has 0 aliphatic carbocycles. The lowest BCUT2D eigenvalue weighted by molar-refractivity contribution is -0.131. The molecule has 3 nitrogen and oxygen atoms in total. The first-order valence-electron chi connectivity index (χ1n) is 4.32. The van der Waals surface area contributed by atoms with Crippen molar-refractivity contribution < 1.29 is 4.79 Å². The van der Waals surface area contributed by atoms with Crippen molar-refractivity contribution >= 4 is 17.5 Å². The molecule has 0 aromatic carbocycles. The van der Waals surface area contributed by atoms with Crippen LogP contribution in [0.4, 0.5) is 0 Å². The van der Waals surface area contributed by atoms with Gasteiger partial charge >= 0.3 is 0 Å². The normalized spacial score (nSPS) is 20.7. The number of halogens is 1. The largest absolute Gasteiger partial charge is 0.340 e. The predicted octanol–water partition coefficient (Wildman–Crippen LogP) is 0.436. The zero-order valence-electron chi connectivity index (χ0n) is 7.35. The van der Waals surface area contributed by atoms with Gasteiger partial charge in [-0.25, -0.2) is 0 Å². The van der Waals surface area contributed by atoms with Gasteiger partial charge in [-0.15, -0.1) is 11.6 Å². The van der Waals surface area contributed by atoms with E-state index >= 15 is 0 Å². The van der Waals surface area contributed by atoms with Crippen molar-refractivity contribution in [3.63, 3.8) is 0 Å². The number of nitrogens with zero attached hydrogens (tertiary/aromatic N) is 1. The Morgan fingerprint density at radius 1 is 1.58 bits per heavy atom. The molecule has 1 atom stereocenters. The van der Waals surface area contributed by atoms with E-state index in [1.54, 1.807) is 0 Å². The van der Waals surface area contributed by atoms with Crippen molar-refractivity contribution in [2.75, 3.05) is 26.2 Å². The van der Waals surface area contributed by atoms with Gasteiger partial charge in [0.25, 0.3) is 0 Å². The van der Waals surface area contributed by atoms with E-state index in [0.717, 1.165) is 26.2 Å². The SMILES string of the molecule is CC(Cl)CC(=O)N1CCNCC1. The molecule has 1 N–H and O–H groups in total. The van der Waals surface area contributed by atoms with E-state index in [4.69, 9.17) is 11.6 Å². The van der Waals surface area contributed by atoms with E-state index < -0.39 is 0 Å². The fourth-order valence-electron chi connectivity index (χ4n) is 1.28. The van der Waals surface area contributed by atoms with Gasteiger partial charge in [0.05, 0.1) is 0 Å². The van der Waals surface area contributed by atoms with Gasteiger partial charge in [0.15, 0.2) is 0 Å². The van der Waals surface area contributed by atoms with Gasteiger partial charge < -0.3 is 10.2 Å². The third-order valence-electron chi connectivity index (χ3n) is 1.93. The summed E-state index contributed by atoms with van der Waals surface area (Å²) in [6.07, 6.45) is 0.460. The highest BCUT2D eigenvalue weighted by Crippen LogP contribution is 2.04. The van der Waals surface area contributed by atoms with Crippen LogP contribution < -0.4 is 5.32 Å². The maximum Gasteiger partial charge on any atom is 0.224 e. The minimum Gasteiger partial charge on any atom is -0.340 e. The molecular formula is C8H15ClN2O. The summed E-state index contributed by atoms with van der Waals surface area (Å²) in [6.45, 7) is 5.30. The van der Waals surface area contributed by atoms with E-state index in [1.807, 2.05) is 11.8 Å². The Morgan fingerprint density at radius 3 is 2.67 bits per heavy atom. The first-order valence-corrected chi connectivity index (χ1v) is 4.76. The Kier molecular flexibility index (Phi) is 3.82. The molecule has 1 rings (SSSR count). The Balaban J connectivity index is 2.30. The second kappa shape index (κ2) is 4.67. The Hall–Kier alpha value is -0.280. The third kappa shape index (κ3) is 2.99. The quantitative estimate of drug-likeness (QED) is 0.641. The van der Waals surface area contributed by atoms with Crippen LogP contribution in [-0.4, -0.2) is 42.4 Å². The van der Waals surface area contributed by atoms with Crippen LogP contribution in [0.2, 0.25) is 0 Å². The Bertz CT molecular complexity index is 155. The summed E-state index contributed by atoms with van der Waals surface area (Å²) in [5, 5.41) is 3.15. The minimum atomic E-state index is -0.0487. The first kappa shape index (κ1) is 9.81. The van der Waals surface area contributed by atoms with Crippen LogP contribution in [-0.2, 0) is 4.79 Å². The summed E-state index contributed by atoms with van der Waals surface area (Å²) >= 11 is 5.73. The average molecular weight is 191 g/mol. The molecule has 1 fully saturated rings. The maximum atomic E-state index is 11.4. The molecule has 1 unspecified atom stereocenters. The number of carbonyl (C=O) groups excluding carboxylic acids is 1. The first-order chi connectivity index (χ1) is 5.70. The predicted molar refractivity (Wildman–Crippen MR) is 49.4 cm³/mol. The Labute approximate surface area is 78.1 Å². The van der Waals surface area contributed by atoms with Crippen LogP contribution in [0.3, 0.4) is 0 Å². The van der Waals surface area contributed by atoms with E-state index in [2.05, 4.69) is 5.32 Å². The van der Waals surface area contributed by atoms with Gasteiger partial charge in [-0.1, -0.05) is 0 Å². The zero-order chi connectivity index (χ0) is 8.97. The molecule has 0 aromatic heterocycles. The summed E-state index contributed by atoms with van der Waals surface area (Å²) in [5.41, 5.74) is 0. The average Bonchev–Trinajstić information content (AvgIpc) is 2.05. The molecule has 1 aliphatic heterocycles. The van der Waals surface area contributed by atoms with Crippen LogP contribution in [0.5, 0.6) is 0 Å². The van der Waals surface area contributed by atoms with Crippen molar-refractivity contribution in [1.29, 1.82) is 0 Å². The van der Waals surface area contributed by atoms with E-state index in [-0.39, 0.29) is 11.3 Å². The summed E-state index contributed by atoms with van der Waals surface area (Å²) in [4.78, 5) is 13.3. The molecule has 1 aliphatic rings. The van der Waals surface area contributed by atoms with Crippen LogP contribution in [0.1, 0.15) is 13.3 Å². The van der Waals surface area contributed by atoms with Gasteiger partial charge in [-0.2, -0.15) is 0 Å². The van der Waals surface area contributed by atoms with Crippen LogP contribution >= 0.6 is 11.6 Å². The topological polar surface area (TPSA) is 32.3 Å². The lowest BCUT2D eigenvalue weighted by Gasteiger charge is -2.27. The monoisotopic (exact) mass is 190 g/mol. The van der Waals surface area contributed by atoms with Gasteiger partial charge in [0.2, 0.25) is 5.91 Å². The van der Waals surface area contributed by atoms with Crippen LogP contribution in [0.15, 0.2) is 0 Å². The molecule has 12 heavy (non-hydrogen) atoms. The Morgan fingerprint density at radius 2 is 2.17 bits per heavy atom. The van der Waals surface area contributed by atoms with Crippen molar-refractivity contribution in [1.82, 2.24) is 10.2 Å². The summed E-state index contributed by atoms with van der Waals surface area (Å²) in [7, 11) is 0. The molecule has 0 spiro atoms. The fourth-order valence-corrected chi connectivity index (χ4v) is 1.42. The standard InChI is InChI=1S/C8H15ClN2O/c1-7(9)6-8(12)11-4-2-10-3-5-11/h7,10H,2-6H2,1H3. The smallest absolute Gasteiger partial charge is 0.224 e. The van der Waals surface area contributed by atoms with Crippen LogP contribution in [0, 0.1) is 0 Å². The number of alkyl halides is 1. The lowest BCUT2D eigenvalue weighted by Crippen LogP contribution is -2.46. The summed E-state index contributed by atoms with van der Waals surface area (Å²) in [5.74, 6) is 0.180. The fraction of sp³-hybridized carbons (Fsp3) is 0.875. The molecule has 0 bridgehead atoms. The molecule has 0 aromatic rings. The molecule has 1 amide bonds. The number of piperazine rings is 1. The number of rotatable bonds is 2. The van der Waals surface area contributed by atoms with Gasteiger partial charge in [-0.3, -0.25) is 4.79 Å². The van der Waals surface area contributed by atoms with Crippen LogP contribution in [0.25, 0.3) is 0 Å². The number of hydrogen-bond acceptors (Lipinski definition) is 2. The summed E-state index contributed by atoms with van der Waals surface area (Å²) < 4.78 is 0. The number of nitrogens with one attached hydrogen (secondary N) is 1. The molecular weight excluding hydrogens is 176 g/mol. The van der Waals surface area contributed by atoms with Gasteiger partial charge in [0, 0.05) is 38.0 Å². The highest BCUT2D eigenvalue weighted by molar-refractivity contribution is 6.21. The number of carbonyl (C=O) groups is 1. The maximum absolute atomic E-state index is 11.4. The zero-order valence-corrected chi connectivity index (χ0v) is 8.10. The van der Waals surface area contributed by atoms with Crippen molar-refractivity contribution in [3.8, 4) is 0 Å². The second-order valence-electron chi connectivity index (χ2n) is 3.12. The molecule has 1 saturated heterocycles. The summed E-state index contributed by atoms with van der Waals surface area (Å²) in [6, 6.07) is 0.